The number of nitrogens with zero attached hydrogens (tertiary/aromatic N) is 1. The first kappa shape index (κ1) is 23.3. The summed E-state index contributed by atoms with van der Waals surface area (Å²) in [4.78, 5) is 15.2. The van der Waals surface area contributed by atoms with Crippen LogP contribution in [-0.2, 0) is 6.54 Å². The lowest BCUT2D eigenvalue weighted by atomic mass is 10.1. The van der Waals surface area contributed by atoms with E-state index < -0.39 is 0 Å². The largest absolute Gasteiger partial charge is 0.456 e. The summed E-state index contributed by atoms with van der Waals surface area (Å²) in [7, 11) is 0. The van der Waals surface area contributed by atoms with Gasteiger partial charge in [-0.05, 0) is 48.0 Å². The van der Waals surface area contributed by atoms with Crippen LogP contribution in [-0.4, -0.2) is 37.0 Å². The minimum Gasteiger partial charge on any atom is -0.456 e. The average Bonchev–Trinajstić information content (AvgIpc) is 3.23. The van der Waals surface area contributed by atoms with E-state index in [4.69, 9.17) is 16.0 Å². The SMILES string of the molecule is Cl.O=C(Nc1ccccc1-c1cc2ccc(CN3CCNCC3)cc2o1)c1cccc(Cl)c1. The average molecular weight is 482 g/mol. The molecule has 1 aromatic heterocycles. The second-order valence-electron chi connectivity index (χ2n) is 8.02. The van der Waals surface area contributed by atoms with E-state index >= 15 is 0 Å². The van der Waals surface area contributed by atoms with Crippen molar-refractivity contribution in [3.8, 4) is 11.3 Å². The molecule has 0 saturated carbocycles. The van der Waals surface area contributed by atoms with Crippen LogP contribution in [0.25, 0.3) is 22.3 Å². The Morgan fingerprint density at radius 1 is 1.00 bits per heavy atom. The van der Waals surface area contributed by atoms with E-state index in [9.17, 15) is 4.79 Å². The molecule has 33 heavy (non-hydrogen) atoms. The standard InChI is InChI=1S/C26H24ClN3O2.ClH/c27-21-5-3-4-20(15-21)26(31)29-23-7-2-1-6-22(23)25-16-19-9-8-18(14-24(19)32-25)17-30-12-10-28-11-13-30;/h1-9,14-16,28H,10-13,17H2,(H,29,31);1H. The third kappa shape index (κ3) is 5.40. The lowest BCUT2D eigenvalue weighted by Gasteiger charge is -2.27. The fraction of sp³-hybridized carbons (Fsp3) is 0.192. The number of hydrogen-bond acceptors (Lipinski definition) is 4. The van der Waals surface area contributed by atoms with E-state index in [1.807, 2.05) is 30.3 Å². The maximum absolute atomic E-state index is 12.7. The molecule has 170 valence electrons. The number of nitrogens with one attached hydrogen (secondary N) is 2. The maximum atomic E-state index is 12.7. The quantitative estimate of drug-likeness (QED) is 0.376. The molecule has 4 aromatic rings. The molecule has 7 heteroatoms. The summed E-state index contributed by atoms with van der Waals surface area (Å²) in [5.41, 5.74) is 4.13. The number of hydrogen-bond donors (Lipinski definition) is 2. The smallest absolute Gasteiger partial charge is 0.255 e. The number of piperazine rings is 1. The van der Waals surface area contributed by atoms with Gasteiger partial charge in [-0.15, -0.1) is 12.4 Å². The molecule has 2 N–H and O–H groups in total. The normalized spacial score (nSPS) is 14.1. The summed E-state index contributed by atoms with van der Waals surface area (Å²) >= 11 is 6.04. The summed E-state index contributed by atoms with van der Waals surface area (Å²) in [5, 5.41) is 7.95. The van der Waals surface area contributed by atoms with Crippen LogP contribution in [0.2, 0.25) is 5.02 Å². The highest BCUT2D eigenvalue weighted by molar-refractivity contribution is 6.31. The van der Waals surface area contributed by atoms with Crippen molar-refractivity contribution in [2.45, 2.75) is 6.54 Å². The van der Waals surface area contributed by atoms with Crippen LogP contribution in [0.15, 0.2) is 77.2 Å². The number of benzene rings is 3. The molecular weight excluding hydrogens is 457 g/mol. The summed E-state index contributed by atoms with van der Waals surface area (Å²) in [6, 6.07) is 23.0. The van der Waals surface area contributed by atoms with E-state index in [1.54, 1.807) is 24.3 Å². The molecule has 5 nitrogen and oxygen atoms in total. The molecule has 0 unspecified atom stereocenters. The lowest BCUT2D eigenvalue weighted by molar-refractivity contribution is 0.102. The summed E-state index contributed by atoms with van der Waals surface area (Å²) in [6.45, 7) is 5.10. The number of amides is 1. The zero-order valence-corrected chi connectivity index (χ0v) is 19.6. The van der Waals surface area contributed by atoms with Crippen molar-refractivity contribution in [3.63, 3.8) is 0 Å². The third-order valence-electron chi connectivity index (χ3n) is 5.73. The fourth-order valence-corrected chi connectivity index (χ4v) is 4.26. The number of furan rings is 1. The van der Waals surface area contributed by atoms with Crippen molar-refractivity contribution >= 4 is 46.6 Å². The molecule has 2 heterocycles. The Labute approximate surface area is 204 Å². The molecule has 1 aliphatic heterocycles. The van der Waals surface area contributed by atoms with Gasteiger partial charge in [0.1, 0.15) is 11.3 Å². The Bertz CT molecular complexity index is 1270. The van der Waals surface area contributed by atoms with Gasteiger partial charge in [0.05, 0.1) is 5.69 Å². The van der Waals surface area contributed by atoms with E-state index in [-0.39, 0.29) is 18.3 Å². The molecule has 0 bridgehead atoms. The van der Waals surface area contributed by atoms with Crippen LogP contribution in [0, 0.1) is 0 Å². The molecule has 0 spiro atoms. The molecule has 1 saturated heterocycles. The monoisotopic (exact) mass is 481 g/mol. The minimum atomic E-state index is -0.214. The van der Waals surface area contributed by atoms with Crippen LogP contribution in [0.3, 0.4) is 0 Å². The van der Waals surface area contributed by atoms with Crippen molar-refractivity contribution < 1.29 is 9.21 Å². The molecule has 3 aromatic carbocycles. The van der Waals surface area contributed by atoms with Gasteiger partial charge in [0.25, 0.3) is 5.91 Å². The van der Waals surface area contributed by atoms with E-state index in [1.165, 1.54) is 5.56 Å². The zero-order valence-electron chi connectivity index (χ0n) is 18.0. The highest BCUT2D eigenvalue weighted by Gasteiger charge is 2.15. The Kier molecular flexibility index (Phi) is 7.36. The molecule has 0 atom stereocenters. The second kappa shape index (κ2) is 10.4. The second-order valence-corrected chi connectivity index (χ2v) is 8.46. The molecule has 5 rings (SSSR count). The number of para-hydroxylation sites is 1. The Morgan fingerprint density at radius 3 is 2.64 bits per heavy atom. The van der Waals surface area contributed by atoms with Crippen molar-refractivity contribution in [3.05, 3.63) is 88.9 Å². The number of carbonyl (C=O) groups excluding carboxylic acids is 1. The fourth-order valence-electron chi connectivity index (χ4n) is 4.07. The third-order valence-corrected chi connectivity index (χ3v) is 5.96. The maximum Gasteiger partial charge on any atom is 0.255 e. The van der Waals surface area contributed by atoms with Crippen molar-refractivity contribution in [1.82, 2.24) is 10.2 Å². The van der Waals surface area contributed by atoms with Gasteiger partial charge in [0, 0.05) is 54.3 Å². The van der Waals surface area contributed by atoms with Gasteiger partial charge in [0.15, 0.2) is 0 Å². The van der Waals surface area contributed by atoms with Gasteiger partial charge in [0.2, 0.25) is 0 Å². The summed E-state index contributed by atoms with van der Waals surface area (Å²) in [6.07, 6.45) is 0. The molecule has 0 radical (unpaired) electrons. The lowest BCUT2D eigenvalue weighted by Crippen LogP contribution is -2.42. The van der Waals surface area contributed by atoms with Crippen molar-refractivity contribution in [2.75, 3.05) is 31.5 Å². The van der Waals surface area contributed by atoms with E-state index in [0.717, 1.165) is 55.0 Å². The van der Waals surface area contributed by atoms with Crippen molar-refractivity contribution in [2.24, 2.45) is 0 Å². The highest BCUT2D eigenvalue weighted by Crippen LogP contribution is 2.33. The van der Waals surface area contributed by atoms with Crippen LogP contribution < -0.4 is 10.6 Å². The number of carbonyl (C=O) groups is 1. The first-order valence-electron chi connectivity index (χ1n) is 10.8. The number of fused-ring (bicyclic) bond motifs is 1. The van der Waals surface area contributed by atoms with Gasteiger partial charge in [-0.3, -0.25) is 9.69 Å². The molecule has 1 fully saturated rings. The van der Waals surface area contributed by atoms with Gasteiger partial charge in [-0.1, -0.05) is 41.9 Å². The minimum absolute atomic E-state index is 0. The predicted molar refractivity (Wildman–Crippen MR) is 136 cm³/mol. The number of anilines is 1. The zero-order chi connectivity index (χ0) is 21.9. The Balaban J connectivity index is 0.00000259. The van der Waals surface area contributed by atoms with Gasteiger partial charge in [-0.2, -0.15) is 0 Å². The molecule has 1 aliphatic rings. The predicted octanol–water partition coefficient (Wildman–Crippen LogP) is 5.83. The Hall–Kier alpha value is -2.83. The van der Waals surface area contributed by atoms with Crippen LogP contribution in [0.1, 0.15) is 15.9 Å². The summed E-state index contributed by atoms with van der Waals surface area (Å²) in [5.74, 6) is 0.510. The van der Waals surface area contributed by atoms with Gasteiger partial charge in [-0.25, -0.2) is 0 Å². The van der Waals surface area contributed by atoms with E-state index in [2.05, 4.69) is 33.7 Å². The topological polar surface area (TPSA) is 57.5 Å². The van der Waals surface area contributed by atoms with Gasteiger partial charge >= 0.3 is 0 Å². The summed E-state index contributed by atoms with van der Waals surface area (Å²) < 4.78 is 6.23. The van der Waals surface area contributed by atoms with Crippen LogP contribution in [0.5, 0.6) is 0 Å². The molecule has 0 aliphatic carbocycles. The first-order valence-corrected chi connectivity index (χ1v) is 11.2. The molecular formula is C26H25Cl2N3O2. The number of rotatable bonds is 5. The van der Waals surface area contributed by atoms with E-state index in [0.29, 0.717) is 16.3 Å². The Morgan fingerprint density at radius 2 is 1.82 bits per heavy atom. The van der Waals surface area contributed by atoms with Gasteiger partial charge < -0.3 is 15.1 Å². The van der Waals surface area contributed by atoms with Crippen LogP contribution >= 0.6 is 24.0 Å². The number of halogens is 2. The van der Waals surface area contributed by atoms with Crippen LogP contribution in [0.4, 0.5) is 5.69 Å². The highest BCUT2D eigenvalue weighted by atomic mass is 35.5. The first-order chi connectivity index (χ1) is 15.7. The molecule has 1 amide bonds. The van der Waals surface area contributed by atoms with Crippen molar-refractivity contribution in [1.29, 1.82) is 0 Å².